The van der Waals surface area contributed by atoms with Gasteiger partial charge in [-0.3, -0.25) is 4.98 Å². The summed E-state index contributed by atoms with van der Waals surface area (Å²) in [7, 11) is -3.34. The van der Waals surface area contributed by atoms with Gasteiger partial charge < -0.3 is 5.32 Å². The third kappa shape index (κ3) is 2.94. The molecule has 0 saturated heterocycles. The van der Waals surface area contributed by atoms with Gasteiger partial charge in [-0.2, -0.15) is 0 Å². The summed E-state index contributed by atoms with van der Waals surface area (Å²) in [4.78, 5) is 15.4. The van der Waals surface area contributed by atoms with Crippen LogP contribution in [-0.2, 0) is 9.84 Å². The highest BCUT2D eigenvalue weighted by molar-refractivity contribution is 7.90. The molecule has 0 fully saturated rings. The van der Waals surface area contributed by atoms with Crippen molar-refractivity contribution in [1.82, 2.24) is 19.9 Å². The summed E-state index contributed by atoms with van der Waals surface area (Å²) in [5.74, 6) is 0.826. The molecule has 0 unspecified atom stereocenters. The first kappa shape index (κ1) is 11.4. The molecule has 2 aromatic heterocycles. The average molecular weight is 251 g/mol. The van der Waals surface area contributed by atoms with Gasteiger partial charge in [-0.15, -0.1) is 0 Å². The van der Waals surface area contributed by atoms with Gasteiger partial charge >= 0.3 is 0 Å². The maximum absolute atomic E-state index is 11.3. The standard InChI is InChI=1S/C9H9N5O2S/c1-17(15,16)9-4-7(12-6-13-9)14-8-5-10-2-3-11-8/h2-6H,1H3,(H,11,12,13,14). The van der Waals surface area contributed by atoms with Crippen LogP contribution in [0.1, 0.15) is 0 Å². The monoisotopic (exact) mass is 251 g/mol. The second-order valence-electron chi connectivity index (χ2n) is 3.23. The summed E-state index contributed by atoms with van der Waals surface area (Å²) in [6.07, 6.45) is 6.81. The number of sulfone groups is 1. The van der Waals surface area contributed by atoms with Gasteiger partial charge in [-0.25, -0.2) is 23.4 Å². The molecule has 8 heteroatoms. The molecule has 88 valence electrons. The van der Waals surface area contributed by atoms with Crippen molar-refractivity contribution in [3.8, 4) is 0 Å². The van der Waals surface area contributed by atoms with E-state index in [9.17, 15) is 8.42 Å². The zero-order valence-electron chi connectivity index (χ0n) is 8.90. The fourth-order valence-electron chi connectivity index (χ4n) is 1.11. The molecule has 2 heterocycles. The maximum atomic E-state index is 11.3. The highest BCUT2D eigenvalue weighted by Crippen LogP contribution is 2.13. The highest BCUT2D eigenvalue weighted by atomic mass is 32.2. The Morgan fingerprint density at radius 3 is 2.59 bits per heavy atom. The van der Waals surface area contributed by atoms with Gasteiger partial charge in [0.2, 0.25) is 0 Å². The Labute approximate surface area is 97.9 Å². The summed E-state index contributed by atoms with van der Waals surface area (Å²) < 4.78 is 22.6. The van der Waals surface area contributed by atoms with E-state index >= 15 is 0 Å². The molecule has 0 saturated carbocycles. The van der Waals surface area contributed by atoms with Gasteiger partial charge in [0, 0.05) is 24.7 Å². The molecule has 17 heavy (non-hydrogen) atoms. The van der Waals surface area contributed by atoms with Crippen LogP contribution in [0.3, 0.4) is 0 Å². The Morgan fingerprint density at radius 1 is 1.12 bits per heavy atom. The lowest BCUT2D eigenvalue weighted by atomic mass is 10.5. The number of nitrogens with zero attached hydrogens (tertiary/aromatic N) is 4. The molecule has 0 amide bonds. The maximum Gasteiger partial charge on any atom is 0.192 e. The first-order chi connectivity index (χ1) is 8.05. The lowest BCUT2D eigenvalue weighted by Gasteiger charge is -2.04. The fraction of sp³-hybridized carbons (Fsp3) is 0.111. The van der Waals surface area contributed by atoms with E-state index < -0.39 is 9.84 Å². The van der Waals surface area contributed by atoms with Crippen LogP contribution in [-0.4, -0.2) is 34.6 Å². The molecule has 0 aliphatic rings. The number of rotatable bonds is 3. The smallest absolute Gasteiger partial charge is 0.192 e. The molecule has 1 N–H and O–H groups in total. The number of hydrogen-bond donors (Lipinski definition) is 1. The molecule has 0 radical (unpaired) electrons. The molecule has 0 bridgehead atoms. The van der Waals surface area contributed by atoms with E-state index in [1.807, 2.05) is 0 Å². The van der Waals surface area contributed by atoms with Crippen molar-refractivity contribution in [2.75, 3.05) is 11.6 Å². The largest absolute Gasteiger partial charge is 0.324 e. The van der Waals surface area contributed by atoms with E-state index in [4.69, 9.17) is 0 Å². The first-order valence-corrected chi connectivity index (χ1v) is 6.50. The molecule has 0 aliphatic heterocycles. The summed E-state index contributed by atoms with van der Waals surface area (Å²) in [5.41, 5.74) is 0. The SMILES string of the molecule is CS(=O)(=O)c1cc(Nc2cnccn2)ncn1. The Balaban J connectivity index is 2.29. The molecular weight excluding hydrogens is 242 g/mol. The lowest BCUT2D eigenvalue weighted by Crippen LogP contribution is -2.03. The van der Waals surface area contributed by atoms with E-state index in [-0.39, 0.29) is 5.03 Å². The van der Waals surface area contributed by atoms with Crippen LogP contribution < -0.4 is 5.32 Å². The van der Waals surface area contributed by atoms with Crippen molar-refractivity contribution in [3.05, 3.63) is 31.0 Å². The molecule has 0 atom stereocenters. The normalized spacial score (nSPS) is 11.1. The molecular formula is C9H9N5O2S. The Morgan fingerprint density at radius 2 is 1.94 bits per heavy atom. The van der Waals surface area contributed by atoms with Crippen LogP contribution in [0.25, 0.3) is 0 Å². The van der Waals surface area contributed by atoms with Gasteiger partial charge in [-0.05, 0) is 0 Å². The van der Waals surface area contributed by atoms with Gasteiger partial charge in [0.15, 0.2) is 14.9 Å². The van der Waals surface area contributed by atoms with Crippen molar-refractivity contribution >= 4 is 21.5 Å². The summed E-state index contributed by atoms with van der Waals surface area (Å²) in [5, 5.41) is 2.78. The second-order valence-corrected chi connectivity index (χ2v) is 5.19. The Bertz CT molecular complexity index is 614. The van der Waals surface area contributed by atoms with Crippen LogP contribution in [0.2, 0.25) is 0 Å². The summed E-state index contributed by atoms with van der Waals surface area (Å²) >= 11 is 0. The topological polar surface area (TPSA) is 97.7 Å². The Kier molecular flexibility index (Phi) is 2.96. The summed E-state index contributed by atoms with van der Waals surface area (Å²) in [6.45, 7) is 0. The molecule has 7 nitrogen and oxygen atoms in total. The number of aromatic nitrogens is 4. The van der Waals surface area contributed by atoms with Crippen LogP contribution in [0.4, 0.5) is 11.6 Å². The zero-order chi connectivity index (χ0) is 12.3. The molecule has 2 aromatic rings. The third-order valence-corrected chi connectivity index (χ3v) is 2.82. The highest BCUT2D eigenvalue weighted by Gasteiger charge is 2.10. The molecule has 0 aromatic carbocycles. The predicted molar refractivity (Wildman–Crippen MR) is 60.5 cm³/mol. The van der Waals surface area contributed by atoms with Crippen LogP contribution in [0.15, 0.2) is 36.0 Å². The summed E-state index contributed by atoms with van der Waals surface area (Å²) in [6, 6.07) is 1.34. The van der Waals surface area contributed by atoms with E-state index in [0.717, 1.165) is 6.26 Å². The van der Waals surface area contributed by atoms with E-state index in [0.29, 0.717) is 11.6 Å². The molecule has 0 spiro atoms. The minimum absolute atomic E-state index is 0.0427. The van der Waals surface area contributed by atoms with E-state index in [2.05, 4.69) is 25.3 Å². The second kappa shape index (κ2) is 4.42. The van der Waals surface area contributed by atoms with Gasteiger partial charge in [0.05, 0.1) is 6.20 Å². The average Bonchev–Trinajstić information content (AvgIpc) is 2.29. The van der Waals surface area contributed by atoms with Crippen molar-refractivity contribution in [2.24, 2.45) is 0 Å². The predicted octanol–water partition coefficient (Wildman–Crippen LogP) is 0.414. The number of anilines is 2. The van der Waals surface area contributed by atoms with E-state index in [1.54, 1.807) is 0 Å². The van der Waals surface area contributed by atoms with Crippen molar-refractivity contribution < 1.29 is 8.42 Å². The van der Waals surface area contributed by atoms with Crippen molar-refractivity contribution in [1.29, 1.82) is 0 Å². The minimum Gasteiger partial charge on any atom is -0.324 e. The van der Waals surface area contributed by atoms with E-state index in [1.165, 1.54) is 31.0 Å². The van der Waals surface area contributed by atoms with Gasteiger partial charge in [0.25, 0.3) is 0 Å². The Hall–Kier alpha value is -2.09. The van der Waals surface area contributed by atoms with Crippen LogP contribution >= 0.6 is 0 Å². The van der Waals surface area contributed by atoms with Crippen LogP contribution in [0.5, 0.6) is 0 Å². The van der Waals surface area contributed by atoms with Gasteiger partial charge in [-0.1, -0.05) is 0 Å². The van der Waals surface area contributed by atoms with Crippen LogP contribution in [0, 0.1) is 0 Å². The van der Waals surface area contributed by atoms with Gasteiger partial charge in [0.1, 0.15) is 18.0 Å². The fourth-order valence-corrected chi connectivity index (χ4v) is 1.67. The minimum atomic E-state index is -3.34. The lowest BCUT2D eigenvalue weighted by molar-refractivity contribution is 0.598. The van der Waals surface area contributed by atoms with Crippen molar-refractivity contribution in [2.45, 2.75) is 5.03 Å². The third-order valence-electron chi connectivity index (χ3n) is 1.84. The quantitative estimate of drug-likeness (QED) is 0.789. The molecule has 2 rings (SSSR count). The number of nitrogens with one attached hydrogen (secondary N) is 1. The first-order valence-electron chi connectivity index (χ1n) is 4.61. The molecule has 0 aliphatic carbocycles. The number of hydrogen-bond acceptors (Lipinski definition) is 7. The zero-order valence-corrected chi connectivity index (χ0v) is 9.72. The van der Waals surface area contributed by atoms with Crippen molar-refractivity contribution in [3.63, 3.8) is 0 Å².